The van der Waals surface area contributed by atoms with Crippen LogP contribution in [0.2, 0.25) is 5.02 Å². The number of aryl methyl sites for hydroxylation is 2. The molecule has 144 valence electrons. The Balaban J connectivity index is 1.54. The summed E-state index contributed by atoms with van der Waals surface area (Å²) in [5, 5.41) is 5.72. The third-order valence-electron chi connectivity index (χ3n) is 4.47. The molecule has 0 bridgehead atoms. The minimum atomic E-state index is -0.205. The first-order chi connectivity index (χ1) is 13.5. The second kappa shape index (κ2) is 7.33. The van der Waals surface area contributed by atoms with Gasteiger partial charge in [-0.1, -0.05) is 22.9 Å². The van der Waals surface area contributed by atoms with Gasteiger partial charge in [-0.3, -0.25) is 23.7 Å². The van der Waals surface area contributed by atoms with E-state index in [1.54, 1.807) is 28.8 Å². The molecule has 0 N–H and O–H groups in total. The van der Waals surface area contributed by atoms with E-state index in [1.807, 2.05) is 13.0 Å². The fourth-order valence-corrected chi connectivity index (χ4v) is 4.19. The number of benzene rings is 1. The first kappa shape index (κ1) is 18.6. The van der Waals surface area contributed by atoms with Crippen LogP contribution in [0.15, 0.2) is 35.5 Å². The summed E-state index contributed by atoms with van der Waals surface area (Å²) in [5.74, 6) is -0.106. The molecular formula is C18H17ClN6O2S. The molecule has 1 aromatic carbocycles. The lowest BCUT2D eigenvalue weighted by molar-refractivity contribution is -0.118. The molecular weight excluding hydrogens is 400 g/mol. The van der Waals surface area contributed by atoms with E-state index in [0.29, 0.717) is 27.7 Å². The largest absolute Gasteiger partial charge is 0.298 e. The molecule has 0 spiro atoms. The molecule has 0 radical (unpaired) electrons. The van der Waals surface area contributed by atoms with E-state index in [1.165, 1.54) is 28.4 Å². The van der Waals surface area contributed by atoms with Crippen LogP contribution in [0.25, 0.3) is 21.3 Å². The van der Waals surface area contributed by atoms with Crippen molar-refractivity contribution in [2.75, 3.05) is 11.4 Å². The van der Waals surface area contributed by atoms with Crippen molar-refractivity contribution < 1.29 is 4.79 Å². The molecule has 0 fully saturated rings. The predicted octanol–water partition coefficient (Wildman–Crippen LogP) is 2.84. The molecule has 3 heterocycles. The van der Waals surface area contributed by atoms with E-state index in [0.717, 1.165) is 10.2 Å². The Labute approximate surface area is 169 Å². The Morgan fingerprint density at radius 1 is 1.36 bits per heavy atom. The van der Waals surface area contributed by atoms with Crippen molar-refractivity contribution >= 4 is 55.2 Å². The highest BCUT2D eigenvalue weighted by Gasteiger charge is 2.19. The minimum absolute atomic E-state index is 0.106. The van der Waals surface area contributed by atoms with Crippen molar-refractivity contribution in [3.63, 3.8) is 0 Å². The summed E-state index contributed by atoms with van der Waals surface area (Å²) >= 11 is 7.46. The van der Waals surface area contributed by atoms with Crippen LogP contribution in [-0.4, -0.2) is 36.8 Å². The number of carbonyl (C=O) groups excluding carboxylic acids is 1. The van der Waals surface area contributed by atoms with Gasteiger partial charge in [0.25, 0.3) is 5.56 Å². The van der Waals surface area contributed by atoms with Crippen molar-refractivity contribution in [2.24, 2.45) is 7.05 Å². The molecule has 4 rings (SSSR count). The van der Waals surface area contributed by atoms with Gasteiger partial charge in [0.15, 0.2) is 10.8 Å². The van der Waals surface area contributed by atoms with E-state index in [2.05, 4.69) is 15.1 Å². The maximum Gasteiger partial charge on any atom is 0.264 e. The lowest BCUT2D eigenvalue weighted by atomic mass is 10.3. The van der Waals surface area contributed by atoms with Crippen molar-refractivity contribution in [3.05, 3.63) is 46.1 Å². The van der Waals surface area contributed by atoms with Crippen LogP contribution in [0.4, 0.5) is 5.13 Å². The number of carbonyl (C=O) groups is 1. The standard InChI is InChI=1S/C18H17ClN6O2S/c1-3-25(18-22-13-8-11(19)4-5-14(13)28-18)15(26)6-7-24-10-20-16-12(17(24)27)9-21-23(16)2/h4-5,8-10H,3,6-7H2,1-2H3. The molecule has 0 atom stereocenters. The van der Waals surface area contributed by atoms with Gasteiger partial charge >= 0.3 is 0 Å². The molecule has 0 aliphatic rings. The Bertz CT molecular complexity index is 1240. The summed E-state index contributed by atoms with van der Waals surface area (Å²) in [7, 11) is 1.73. The van der Waals surface area contributed by atoms with Crippen molar-refractivity contribution in [3.8, 4) is 0 Å². The predicted molar refractivity (Wildman–Crippen MR) is 110 cm³/mol. The van der Waals surface area contributed by atoms with Gasteiger partial charge in [-0.2, -0.15) is 5.10 Å². The molecule has 4 aromatic rings. The van der Waals surface area contributed by atoms with Gasteiger partial charge in [-0.25, -0.2) is 9.97 Å². The van der Waals surface area contributed by atoms with Crippen LogP contribution >= 0.6 is 22.9 Å². The zero-order valence-electron chi connectivity index (χ0n) is 15.3. The highest BCUT2D eigenvalue weighted by Crippen LogP contribution is 2.30. The topological polar surface area (TPSA) is 85.9 Å². The van der Waals surface area contributed by atoms with Crippen LogP contribution < -0.4 is 10.5 Å². The zero-order chi connectivity index (χ0) is 19.8. The fourth-order valence-electron chi connectivity index (χ4n) is 3.00. The van der Waals surface area contributed by atoms with Crippen LogP contribution in [0.3, 0.4) is 0 Å². The Kier molecular flexibility index (Phi) is 4.86. The lowest BCUT2D eigenvalue weighted by Gasteiger charge is -2.17. The number of halogens is 1. The van der Waals surface area contributed by atoms with Gasteiger partial charge in [-0.15, -0.1) is 0 Å². The number of amides is 1. The number of hydrogen-bond donors (Lipinski definition) is 0. The summed E-state index contributed by atoms with van der Waals surface area (Å²) in [4.78, 5) is 35.7. The van der Waals surface area contributed by atoms with Crippen molar-refractivity contribution in [1.29, 1.82) is 0 Å². The monoisotopic (exact) mass is 416 g/mol. The first-order valence-corrected chi connectivity index (χ1v) is 9.91. The number of thiazole rings is 1. The number of anilines is 1. The molecule has 0 unspecified atom stereocenters. The van der Waals surface area contributed by atoms with Crippen LogP contribution in [0.1, 0.15) is 13.3 Å². The van der Waals surface area contributed by atoms with Crippen molar-refractivity contribution in [1.82, 2.24) is 24.3 Å². The SMILES string of the molecule is CCN(C(=O)CCn1cnc2c(cnn2C)c1=O)c1nc2cc(Cl)ccc2s1. The summed E-state index contributed by atoms with van der Waals surface area (Å²) in [6.07, 6.45) is 3.11. The first-order valence-electron chi connectivity index (χ1n) is 8.71. The molecule has 28 heavy (non-hydrogen) atoms. The average molecular weight is 417 g/mol. The van der Waals surface area contributed by atoms with Crippen molar-refractivity contribution in [2.45, 2.75) is 19.9 Å². The summed E-state index contributed by atoms with van der Waals surface area (Å²) in [6.45, 7) is 2.62. The molecule has 0 aliphatic carbocycles. The minimum Gasteiger partial charge on any atom is -0.298 e. The number of rotatable bonds is 5. The van der Waals surface area contributed by atoms with Gasteiger partial charge in [0.1, 0.15) is 5.39 Å². The highest BCUT2D eigenvalue weighted by molar-refractivity contribution is 7.22. The van der Waals surface area contributed by atoms with E-state index in [-0.39, 0.29) is 24.4 Å². The van der Waals surface area contributed by atoms with Crippen LogP contribution in [0.5, 0.6) is 0 Å². The molecule has 3 aromatic heterocycles. The number of nitrogens with zero attached hydrogens (tertiary/aromatic N) is 6. The van der Waals surface area contributed by atoms with Gasteiger partial charge < -0.3 is 0 Å². The highest BCUT2D eigenvalue weighted by atomic mass is 35.5. The van der Waals surface area contributed by atoms with Gasteiger partial charge in [0.05, 0.1) is 22.7 Å². The van der Waals surface area contributed by atoms with E-state index >= 15 is 0 Å². The fraction of sp³-hybridized carbons (Fsp3) is 0.278. The summed E-state index contributed by atoms with van der Waals surface area (Å²) < 4.78 is 3.95. The maximum absolute atomic E-state index is 12.8. The van der Waals surface area contributed by atoms with Crippen LogP contribution in [0, 0.1) is 0 Å². The average Bonchev–Trinajstić information content (AvgIpc) is 3.25. The third-order valence-corrected chi connectivity index (χ3v) is 5.77. The molecule has 0 aliphatic heterocycles. The quantitative estimate of drug-likeness (QED) is 0.499. The normalized spacial score (nSPS) is 11.4. The summed E-state index contributed by atoms with van der Waals surface area (Å²) in [5.41, 5.74) is 1.08. The Hall–Kier alpha value is -2.78. The second-order valence-electron chi connectivity index (χ2n) is 6.25. The van der Waals surface area contributed by atoms with Gasteiger partial charge in [0.2, 0.25) is 5.91 Å². The third kappa shape index (κ3) is 3.27. The maximum atomic E-state index is 12.8. The van der Waals surface area contributed by atoms with Crippen LogP contribution in [-0.2, 0) is 18.4 Å². The lowest BCUT2D eigenvalue weighted by Crippen LogP contribution is -2.32. The Morgan fingerprint density at radius 2 is 2.18 bits per heavy atom. The smallest absolute Gasteiger partial charge is 0.264 e. The van der Waals surface area contributed by atoms with E-state index < -0.39 is 0 Å². The van der Waals surface area contributed by atoms with E-state index in [9.17, 15) is 9.59 Å². The second-order valence-corrected chi connectivity index (χ2v) is 7.69. The number of fused-ring (bicyclic) bond motifs is 2. The molecule has 10 heteroatoms. The van der Waals surface area contributed by atoms with Gasteiger partial charge in [0, 0.05) is 31.6 Å². The summed E-state index contributed by atoms with van der Waals surface area (Å²) in [6, 6.07) is 5.48. The number of hydrogen-bond acceptors (Lipinski definition) is 6. The molecule has 8 nitrogen and oxygen atoms in total. The molecule has 1 amide bonds. The molecule has 0 saturated heterocycles. The van der Waals surface area contributed by atoms with Gasteiger partial charge in [-0.05, 0) is 25.1 Å². The zero-order valence-corrected chi connectivity index (χ0v) is 16.9. The number of aromatic nitrogens is 5. The van der Waals surface area contributed by atoms with E-state index in [4.69, 9.17) is 11.6 Å². The molecule has 0 saturated carbocycles. The Morgan fingerprint density at radius 3 is 2.96 bits per heavy atom.